The standard InChI is InChI=1S/C11H10ClNO2/c12-9-3-4-10(13-6-9)11(14)8-2-1-5-15-7-8/h3-4,6-7H,1-2,5H2. The number of carbonyl (C=O) groups is 1. The lowest BCUT2D eigenvalue weighted by Gasteiger charge is -2.11. The second-order valence-electron chi connectivity index (χ2n) is 3.31. The molecule has 0 saturated heterocycles. The molecule has 0 amide bonds. The number of allylic oxidation sites excluding steroid dienone is 1. The molecule has 3 nitrogen and oxygen atoms in total. The first-order valence-electron chi connectivity index (χ1n) is 4.74. The molecule has 15 heavy (non-hydrogen) atoms. The van der Waals surface area contributed by atoms with Crippen LogP contribution in [0, 0.1) is 0 Å². The van der Waals surface area contributed by atoms with Crippen molar-refractivity contribution in [2.45, 2.75) is 12.8 Å². The van der Waals surface area contributed by atoms with Gasteiger partial charge in [0, 0.05) is 11.8 Å². The Bertz CT molecular complexity index is 398. The Hall–Kier alpha value is -1.35. The number of halogens is 1. The average Bonchev–Trinajstić information content (AvgIpc) is 2.30. The van der Waals surface area contributed by atoms with Crippen molar-refractivity contribution in [3.8, 4) is 0 Å². The monoisotopic (exact) mass is 223 g/mol. The fraction of sp³-hybridized carbons (Fsp3) is 0.273. The summed E-state index contributed by atoms with van der Waals surface area (Å²) >= 11 is 5.69. The molecular weight excluding hydrogens is 214 g/mol. The summed E-state index contributed by atoms with van der Waals surface area (Å²) in [4.78, 5) is 15.8. The smallest absolute Gasteiger partial charge is 0.210 e. The summed E-state index contributed by atoms with van der Waals surface area (Å²) < 4.78 is 5.11. The van der Waals surface area contributed by atoms with Crippen molar-refractivity contribution in [1.29, 1.82) is 0 Å². The largest absolute Gasteiger partial charge is 0.501 e. The molecule has 0 fully saturated rings. The van der Waals surface area contributed by atoms with E-state index in [0.717, 1.165) is 12.8 Å². The summed E-state index contributed by atoms with van der Waals surface area (Å²) in [5, 5.41) is 0.528. The minimum atomic E-state index is -0.0774. The van der Waals surface area contributed by atoms with Gasteiger partial charge in [-0.15, -0.1) is 0 Å². The number of hydrogen-bond donors (Lipinski definition) is 0. The zero-order valence-electron chi connectivity index (χ0n) is 8.07. The van der Waals surface area contributed by atoms with E-state index in [1.807, 2.05) is 0 Å². The molecule has 1 aromatic rings. The Balaban J connectivity index is 2.20. The third-order valence-corrected chi connectivity index (χ3v) is 2.41. The van der Waals surface area contributed by atoms with Crippen molar-refractivity contribution >= 4 is 17.4 Å². The van der Waals surface area contributed by atoms with Crippen molar-refractivity contribution in [3.63, 3.8) is 0 Å². The second-order valence-corrected chi connectivity index (χ2v) is 3.74. The summed E-state index contributed by atoms with van der Waals surface area (Å²) in [7, 11) is 0. The Morgan fingerprint density at radius 2 is 2.33 bits per heavy atom. The van der Waals surface area contributed by atoms with E-state index in [9.17, 15) is 4.79 Å². The summed E-state index contributed by atoms with van der Waals surface area (Å²) in [6.07, 6.45) is 4.63. The van der Waals surface area contributed by atoms with Gasteiger partial charge in [0.25, 0.3) is 0 Å². The predicted molar refractivity (Wildman–Crippen MR) is 56.8 cm³/mol. The highest BCUT2D eigenvalue weighted by molar-refractivity contribution is 6.30. The molecule has 4 heteroatoms. The number of nitrogens with zero attached hydrogens (tertiary/aromatic N) is 1. The van der Waals surface area contributed by atoms with Gasteiger partial charge in [-0.2, -0.15) is 0 Å². The van der Waals surface area contributed by atoms with E-state index in [1.54, 1.807) is 12.1 Å². The van der Waals surface area contributed by atoms with E-state index in [1.165, 1.54) is 12.5 Å². The molecule has 0 atom stereocenters. The van der Waals surface area contributed by atoms with Crippen LogP contribution in [0.1, 0.15) is 23.3 Å². The highest BCUT2D eigenvalue weighted by Gasteiger charge is 2.16. The molecule has 1 aliphatic heterocycles. The van der Waals surface area contributed by atoms with E-state index in [-0.39, 0.29) is 5.78 Å². The Morgan fingerprint density at radius 1 is 1.47 bits per heavy atom. The molecule has 0 aliphatic carbocycles. The molecule has 0 spiro atoms. The average molecular weight is 224 g/mol. The zero-order valence-corrected chi connectivity index (χ0v) is 8.83. The van der Waals surface area contributed by atoms with Gasteiger partial charge in [0.1, 0.15) is 5.69 Å². The number of ether oxygens (including phenoxy) is 1. The van der Waals surface area contributed by atoms with Gasteiger partial charge in [-0.1, -0.05) is 11.6 Å². The summed E-state index contributed by atoms with van der Waals surface area (Å²) in [5.74, 6) is -0.0774. The third kappa shape index (κ3) is 2.36. The maximum Gasteiger partial charge on any atom is 0.210 e. The first-order valence-corrected chi connectivity index (χ1v) is 5.12. The number of rotatable bonds is 2. The lowest BCUT2D eigenvalue weighted by molar-refractivity contribution is 0.100. The van der Waals surface area contributed by atoms with Crippen molar-refractivity contribution in [2.75, 3.05) is 6.61 Å². The Kier molecular flexibility index (Phi) is 3.02. The molecule has 2 heterocycles. The number of ketones is 1. The van der Waals surface area contributed by atoms with E-state index in [2.05, 4.69) is 4.98 Å². The fourth-order valence-electron chi connectivity index (χ4n) is 1.41. The van der Waals surface area contributed by atoms with E-state index < -0.39 is 0 Å². The van der Waals surface area contributed by atoms with E-state index in [4.69, 9.17) is 16.3 Å². The van der Waals surface area contributed by atoms with Crippen LogP contribution in [0.2, 0.25) is 5.02 Å². The maximum atomic E-state index is 11.9. The van der Waals surface area contributed by atoms with Crippen molar-refractivity contribution in [2.24, 2.45) is 0 Å². The van der Waals surface area contributed by atoms with E-state index in [0.29, 0.717) is 22.9 Å². The van der Waals surface area contributed by atoms with Crippen molar-refractivity contribution in [1.82, 2.24) is 4.98 Å². The summed E-state index contributed by atoms with van der Waals surface area (Å²) in [6, 6.07) is 3.28. The fourth-order valence-corrected chi connectivity index (χ4v) is 1.52. The highest BCUT2D eigenvalue weighted by Crippen LogP contribution is 2.17. The van der Waals surface area contributed by atoms with Crippen LogP contribution < -0.4 is 0 Å². The van der Waals surface area contributed by atoms with Gasteiger partial charge in [-0.25, -0.2) is 0 Å². The van der Waals surface area contributed by atoms with Gasteiger partial charge < -0.3 is 4.74 Å². The van der Waals surface area contributed by atoms with Crippen LogP contribution in [-0.4, -0.2) is 17.4 Å². The van der Waals surface area contributed by atoms with Crippen LogP contribution in [-0.2, 0) is 4.74 Å². The molecule has 0 unspecified atom stereocenters. The first kappa shape index (κ1) is 10.2. The van der Waals surface area contributed by atoms with Crippen LogP contribution in [0.15, 0.2) is 30.2 Å². The number of aromatic nitrogens is 1. The molecule has 2 rings (SSSR count). The molecule has 1 aromatic heterocycles. The number of pyridine rings is 1. The van der Waals surface area contributed by atoms with Crippen LogP contribution in [0.25, 0.3) is 0 Å². The molecule has 0 bridgehead atoms. The molecule has 1 aliphatic rings. The molecular formula is C11H10ClNO2. The minimum absolute atomic E-state index is 0.0774. The quantitative estimate of drug-likeness (QED) is 0.724. The molecule has 0 saturated carbocycles. The molecule has 78 valence electrons. The van der Waals surface area contributed by atoms with Gasteiger partial charge in [0.05, 0.1) is 17.9 Å². The van der Waals surface area contributed by atoms with Gasteiger partial charge in [0.15, 0.2) is 0 Å². The number of carbonyl (C=O) groups excluding carboxylic acids is 1. The SMILES string of the molecule is O=C(C1=COCCC1)c1ccc(Cl)cn1. The topological polar surface area (TPSA) is 39.2 Å². The van der Waals surface area contributed by atoms with E-state index >= 15 is 0 Å². The minimum Gasteiger partial charge on any atom is -0.501 e. The zero-order chi connectivity index (χ0) is 10.7. The van der Waals surface area contributed by atoms with Gasteiger partial charge >= 0.3 is 0 Å². The van der Waals surface area contributed by atoms with Crippen molar-refractivity contribution < 1.29 is 9.53 Å². The predicted octanol–water partition coefficient (Wildman–Crippen LogP) is 2.61. The Labute approximate surface area is 92.7 Å². The lowest BCUT2D eigenvalue weighted by Crippen LogP contribution is -2.10. The van der Waals surface area contributed by atoms with Gasteiger partial charge in [-0.3, -0.25) is 9.78 Å². The van der Waals surface area contributed by atoms with Gasteiger partial charge in [0.2, 0.25) is 5.78 Å². The normalized spacial score (nSPS) is 15.4. The van der Waals surface area contributed by atoms with Crippen LogP contribution in [0.3, 0.4) is 0 Å². The van der Waals surface area contributed by atoms with Crippen molar-refractivity contribution in [3.05, 3.63) is 40.9 Å². The number of Topliss-reactive ketones (excluding diaryl/α,β-unsaturated/α-hetero) is 1. The lowest BCUT2D eigenvalue weighted by atomic mass is 10.0. The maximum absolute atomic E-state index is 11.9. The highest BCUT2D eigenvalue weighted by atomic mass is 35.5. The molecule has 0 aromatic carbocycles. The molecule has 0 N–H and O–H groups in total. The van der Waals surface area contributed by atoms with Crippen LogP contribution >= 0.6 is 11.6 Å². The van der Waals surface area contributed by atoms with Crippen LogP contribution in [0.5, 0.6) is 0 Å². The second kappa shape index (κ2) is 4.45. The number of hydrogen-bond acceptors (Lipinski definition) is 3. The van der Waals surface area contributed by atoms with Gasteiger partial charge in [-0.05, 0) is 25.0 Å². The first-order chi connectivity index (χ1) is 7.27. The molecule has 0 radical (unpaired) electrons. The third-order valence-electron chi connectivity index (χ3n) is 2.19. The van der Waals surface area contributed by atoms with Crippen LogP contribution in [0.4, 0.5) is 0 Å². The summed E-state index contributed by atoms with van der Waals surface area (Å²) in [5.41, 5.74) is 1.09. The Morgan fingerprint density at radius 3 is 2.93 bits per heavy atom. The summed E-state index contributed by atoms with van der Waals surface area (Å²) in [6.45, 7) is 0.685.